The molecule has 7 heteroatoms. The highest BCUT2D eigenvalue weighted by Crippen LogP contribution is 2.24. The second kappa shape index (κ2) is 8.03. The number of nitrogens with zero attached hydrogens (tertiary/aromatic N) is 3. The van der Waals surface area contributed by atoms with Crippen molar-refractivity contribution in [3.8, 4) is 0 Å². The molecule has 1 aromatic rings. The van der Waals surface area contributed by atoms with Gasteiger partial charge in [-0.05, 0) is 31.2 Å². The molecule has 26 heavy (non-hydrogen) atoms. The second-order valence-corrected chi connectivity index (χ2v) is 7.04. The van der Waals surface area contributed by atoms with E-state index in [1.807, 2.05) is 11.8 Å². The SMILES string of the molecule is COC[C@@H](C)N1C[C@H](C(=O)N2CCN(c3ccc(F)cc3)CC2)CC1=O. The first-order valence-electron chi connectivity index (χ1n) is 9.07. The van der Waals surface area contributed by atoms with Gasteiger partial charge in [0.1, 0.15) is 5.82 Å². The molecule has 1 aromatic carbocycles. The molecule has 0 aliphatic carbocycles. The fourth-order valence-corrected chi connectivity index (χ4v) is 3.75. The van der Waals surface area contributed by atoms with E-state index in [1.54, 1.807) is 24.1 Å². The minimum absolute atomic E-state index is 0.0133. The van der Waals surface area contributed by atoms with Gasteiger partial charge in [0.15, 0.2) is 0 Å². The van der Waals surface area contributed by atoms with Gasteiger partial charge in [0.05, 0.1) is 18.6 Å². The summed E-state index contributed by atoms with van der Waals surface area (Å²) in [5, 5.41) is 0. The Hall–Kier alpha value is -2.15. The highest BCUT2D eigenvalue weighted by Gasteiger charge is 2.39. The predicted octanol–water partition coefficient (Wildman–Crippen LogP) is 1.36. The fraction of sp³-hybridized carbons (Fsp3) is 0.579. The number of carbonyl (C=O) groups is 2. The maximum atomic E-state index is 13.1. The Morgan fingerprint density at radius 2 is 1.88 bits per heavy atom. The number of rotatable bonds is 5. The Bertz CT molecular complexity index is 644. The molecule has 0 spiro atoms. The lowest BCUT2D eigenvalue weighted by Crippen LogP contribution is -2.50. The lowest BCUT2D eigenvalue weighted by molar-refractivity contribution is -0.136. The number of likely N-dealkylation sites (tertiary alicyclic amines) is 1. The van der Waals surface area contributed by atoms with Crippen LogP contribution in [0.2, 0.25) is 0 Å². The van der Waals surface area contributed by atoms with Gasteiger partial charge in [-0.2, -0.15) is 0 Å². The molecule has 0 saturated carbocycles. The summed E-state index contributed by atoms with van der Waals surface area (Å²) in [4.78, 5) is 30.8. The molecule has 0 aromatic heterocycles. The normalized spacial score (nSPS) is 22.0. The number of anilines is 1. The van der Waals surface area contributed by atoms with Crippen molar-refractivity contribution in [2.45, 2.75) is 19.4 Å². The molecule has 2 aliphatic heterocycles. The zero-order valence-electron chi connectivity index (χ0n) is 15.4. The molecule has 0 bridgehead atoms. The first-order valence-corrected chi connectivity index (χ1v) is 9.07. The molecule has 0 radical (unpaired) electrons. The number of ether oxygens (including phenoxy) is 1. The van der Waals surface area contributed by atoms with Crippen LogP contribution >= 0.6 is 0 Å². The summed E-state index contributed by atoms with van der Waals surface area (Å²) in [6.45, 7) is 5.55. The molecule has 2 saturated heterocycles. The minimum atomic E-state index is -0.265. The number of hydrogen-bond donors (Lipinski definition) is 0. The molecular weight excluding hydrogens is 337 g/mol. The Kier molecular flexibility index (Phi) is 5.76. The number of halogens is 1. The summed E-state index contributed by atoms with van der Waals surface area (Å²) in [5.74, 6) is -0.429. The number of benzene rings is 1. The van der Waals surface area contributed by atoms with Gasteiger partial charge in [0.25, 0.3) is 0 Å². The maximum absolute atomic E-state index is 13.1. The van der Waals surface area contributed by atoms with E-state index in [1.165, 1.54) is 12.1 Å². The van der Waals surface area contributed by atoms with Crippen LogP contribution < -0.4 is 4.90 Å². The molecule has 2 fully saturated rings. The standard InChI is InChI=1S/C19H26FN3O3/c1-14(13-26-2)23-12-15(11-18(23)24)19(25)22-9-7-21(8-10-22)17-5-3-16(20)4-6-17/h3-6,14-15H,7-13H2,1-2H3/t14-,15-/m1/s1. The Labute approximate surface area is 153 Å². The molecule has 0 N–H and O–H groups in total. The number of carbonyl (C=O) groups excluding carboxylic acids is 2. The maximum Gasteiger partial charge on any atom is 0.228 e. The molecule has 0 unspecified atom stereocenters. The van der Waals surface area contributed by atoms with Gasteiger partial charge in [0, 0.05) is 51.9 Å². The van der Waals surface area contributed by atoms with Crippen molar-refractivity contribution in [1.82, 2.24) is 9.80 Å². The summed E-state index contributed by atoms with van der Waals surface area (Å²) in [6, 6.07) is 6.41. The number of methoxy groups -OCH3 is 1. The van der Waals surface area contributed by atoms with Crippen LogP contribution in [0, 0.1) is 11.7 Å². The lowest BCUT2D eigenvalue weighted by Gasteiger charge is -2.37. The molecule has 6 nitrogen and oxygen atoms in total. The van der Waals surface area contributed by atoms with Crippen LogP contribution in [0.1, 0.15) is 13.3 Å². The van der Waals surface area contributed by atoms with Crippen LogP contribution in [0.5, 0.6) is 0 Å². The van der Waals surface area contributed by atoms with Gasteiger partial charge in [-0.1, -0.05) is 0 Å². The van der Waals surface area contributed by atoms with Crippen LogP contribution in [-0.4, -0.2) is 74.1 Å². The van der Waals surface area contributed by atoms with E-state index >= 15 is 0 Å². The van der Waals surface area contributed by atoms with Crippen molar-refractivity contribution >= 4 is 17.5 Å². The smallest absolute Gasteiger partial charge is 0.228 e. The van der Waals surface area contributed by atoms with Gasteiger partial charge in [-0.15, -0.1) is 0 Å². The monoisotopic (exact) mass is 363 g/mol. The number of amides is 2. The van der Waals surface area contributed by atoms with Gasteiger partial charge in [-0.25, -0.2) is 4.39 Å². The fourth-order valence-electron chi connectivity index (χ4n) is 3.75. The third-order valence-electron chi connectivity index (χ3n) is 5.23. The van der Waals surface area contributed by atoms with E-state index in [0.29, 0.717) is 39.3 Å². The zero-order chi connectivity index (χ0) is 18.7. The van der Waals surface area contributed by atoms with Crippen LogP contribution in [0.4, 0.5) is 10.1 Å². The highest BCUT2D eigenvalue weighted by molar-refractivity contribution is 5.89. The summed E-state index contributed by atoms with van der Waals surface area (Å²) in [5.41, 5.74) is 0.967. The van der Waals surface area contributed by atoms with Crippen molar-refractivity contribution in [3.63, 3.8) is 0 Å². The van der Waals surface area contributed by atoms with Gasteiger partial charge < -0.3 is 19.4 Å². The molecule has 2 atom stereocenters. The van der Waals surface area contributed by atoms with E-state index in [9.17, 15) is 14.0 Å². The van der Waals surface area contributed by atoms with Crippen molar-refractivity contribution in [1.29, 1.82) is 0 Å². The zero-order valence-corrected chi connectivity index (χ0v) is 15.4. The summed E-state index contributed by atoms with van der Waals surface area (Å²) < 4.78 is 18.2. The van der Waals surface area contributed by atoms with Crippen molar-refractivity contribution in [3.05, 3.63) is 30.1 Å². The second-order valence-electron chi connectivity index (χ2n) is 7.04. The Morgan fingerprint density at radius 1 is 1.23 bits per heavy atom. The molecule has 2 heterocycles. The van der Waals surface area contributed by atoms with E-state index < -0.39 is 0 Å². The van der Waals surface area contributed by atoms with Gasteiger partial charge >= 0.3 is 0 Å². The third-order valence-corrected chi connectivity index (χ3v) is 5.23. The third kappa shape index (κ3) is 3.98. The topological polar surface area (TPSA) is 53.1 Å². The summed E-state index contributed by atoms with van der Waals surface area (Å²) in [6.07, 6.45) is 0.283. The average Bonchev–Trinajstić information content (AvgIpc) is 3.04. The average molecular weight is 363 g/mol. The quantitative estimate of drug-likeness (QED) is 0.793. The number of piperazine rings is 1. The lowest BCUT2D eigenvalue weighted by atomic mass is 10.1. The summed E-state index contributed by atoms with van der Waals surface area (Å²) in [7, 11) is 1.61. The molecule has 2 aliphatic rings. The number of hydrogen-bond acceptors (Lipinski definition) is 4. The largest absolute Gasteiger partial charge is 0.383 e. The summed E-state index contributed by atoms with van der Waals surface area (Å²) >= 11 is 0. The van der Waals surface area contributed by atoms with Crippen LogP contribution in [0.25, 0.3) is 0 Å². The Morgan fingerprint density at radius 3 is 2.50 bits per heavy atom. The molecular formula is C19H26FN3O3. The first kappa shape index (κ1) is 18.6. The van der Waals surface area contributed by atoms with E-state index in [0.717, 1.165) is 5.69 Å². The van der Waals surface area contributed by atoms with Crippen molar-refractivity contribution in [2.75, 3.05) is 51.3 Å². The van der Waals surface area contributed by atoms with Crippen molar-refractivity contribution in [2.24, 2.45) is 5.92 Å². The van der Waals surface area contributed by atoms with Gasteiger partial charge in [0.2, 0.25) is 11.8 Å². The van der Waals surface area contributed by atoms with E-state index in [-0.39, 0.29) is 36.0 Å². The van der Waals surface area contributed by atoms with Crippen LogP contribution in [0.15, 0.2) is 24.3 Å². The first-order chi connectivity index (χ1) is 12.5. The highest BCUT2D eigenvalue weighted by atomic mass is 19.1. The Balaban J connectivity index is 1.54. The van der Waals surface area contributed by atoms with Crippen LogP contribution in [-0.2, 0) is 14.3 Å². The molecule has 3 rings (SSSR count). The molecule has 142 valence electrons. The predicted molar refractivity (Wildman–Crippen MR) is 96.4 cm³/mol. The van der Waals surface area contributed by atoms with Crippen LogP contribution in [0.3, 0.4) is 0 Å². The van der Waals surface area contributed by atoms with E-state index in [4.69, 9.17) is 4.74 Å². The van der Waals surface area contributed by atoms with Crippen molar-refractivity contribution < 1.29 is 18.7 Å². The molecule has 2 amide bonds. The minimum Gasteiger partial charge on any atom is -0.383 e. The van der Waals surface area contributed by atoms with Gasteiger partial charge in [-0.3, -0.25) is 9.59 Å². The van der Waals surface area contributed by atoms with E-state index in [2.05, 4.69) is 4.90 Å².